The summed E-state index contributed by atoms with van der Waals surface area (Å²) in [6.07, 6.45) is 0.394. The summed E-state index contributed by atoms with van der Waals surface area (Å²) in [5, 5.41) is 15.4. The lowest BCUT2D eigenvalue weighted by molar-refractivity contribution is 0.0523. The number of aliphatic hydroxyl groups is 1. The average Bonchev–Trinajstić information content (AvgIpc) is 3.25. The van der Waals surface area contributed by atoms with Crippen molar-refractivity contribution in [2.45, 2.75) is 39.0 Å². The van der Waals surface area contributed by atoms with Gasteiger partial charge in [0, 0.05) is 29.9 Å². The number of hydrogen-bond acceptors (Lipinski definition) is 6. The van der Waals surface area contributed by atoms with Crippen LogP contribution in [0.15, 0.2) is 54.2 Å². The predicted molar refractivity (Wildman–Crippen MR) is 125 cm³/mol. The van der Waals surface area contributed by atoms with Gasteiger partial charge < -0.3 is 20.1 Å². The van der Waals surface area contributed by atoms with Gasteiger partial charge in [0.05, 0.1) is 11.7 Å². The standard InChI is InChI=1S/C23H26ClN3O3S/c1-23(2,3)30-22(29)26-12-15-6-5-7-16(10-15)21(28)18-11-17(24)8-9-19(18)27(4)20-13-25-14-31-20/h5-11,13-14,21,28H,12H2,1-4H3,(H,26,29). The van der Waals surface area contributed by atoms with E-state index in [1.165, 1.54) is 11.3 Å². The summed E-state index contributed by atoms with van der Waals surface area (Å²) in [5.41, 5.74) is 4.26. The van der Waals surface area contributed by atoms with Crippen molar-refractivity contribution in [1.29, 1.82) is 0 Å². The Bertz CT molecular complexity index is 1030. The van der Waals surface area contributed by atoms with E-state index in [2.05, 4.69) is 10.3 Å². The molecule has 1 heterocycles. The van der Waals surface area contributed by atoms with E-state index in [4.69, 9.17) is 16.3 Å². The zero-order valence-electron chi connectivity index (χ0n) is 17.9. The summed E-state index contributed by atoms with van der Waals surface area (Å²) in [6.45, 7) is 5.73. The molecule has 1 amide bonds. The highest BCUT2D eigenvalue weighted by molar-refractivity contribution is 7.13. The molecule has 2 N–H and O–H groups in total. The van der Waals surface area contributed by atoms with Crippen LogP contribution < -0.4 is 10.2 Å². The molecule has 0 aliphatic carbocycles. The number of amides is 1. The topological polar surface area (TPSA) is 74.7 Å². The average molecular weight is 460 g/mol. The van der Waals surface area contributed by atoms with Crippen molar-refractivity contribution in [3.63, 3.8) is 0 Å². The van der Waals surface area contributed by atoms with Crippen LogP contribution in [0.25, 0.3) is 0 Å². The summed E-state index contributed by atoms with van der Waals surface area (Å²) in [5.74, 6) is 0. The van der Waals surface area contributed by atoms with Crippen molar-refractivity contribution in [2.24, 2.45) is 0 Å². The van der Waals surface area contributed by atoms with E-state index in [0.29, 0.717) is 22.7 Å². The fraction of sp³-hybridized carbons (Fsp3) is 0.304. The predicted octanol–water partition coefficient (Wildman–Crippen LogP) is 5.67. The Hall–Kier alpha value is -2.61. The third kappa shape index (κ3) is 6.19. The number of nitrogens with one attached hydrogen (secondary N) is 1. The van der Waals surface area contributed by atoms with Crippen molar-refractivity contribution in [3.05, 3.63) is 75.9 Å². The lowest BCUT2D eigenvalue weighted by Gasteiger charge is -2.24. The van der Waals surface area contributed by atoms with Crippen molar-refractivity contribution in [3.8, 4) is 0 Å². The molecule has 6 nitrogen and oxygen atoms in total. The fourth-order valence-electron chi connectivity index (χ4n) is 3.08. The van der Waals surface area contributed by atoms with Gasteiger partial charge in [-0.2, -0.15) is 0 Å². The number of aliphatic hydroxyl groups excluding tert-OH is 1. The van der Waals surface area contributed by atoms with E-state index >= 15 is 0 Å². The number of benzene rings is 2. The van der Waals surface area contributed by atoms with Crippen LogP contribution in [-0.4, -0.2) is 28.8 Å². The molecule has 0 fully saturated rings. The normalized spacial score (nSPS) is 12.3. The molecule has 2 aromatic carbocycles. The SMILES string of the molecule is CN(c1cncs1)c1ccc(Cl)cc1C(O)c1cccc(CNC(=O)OC(C)(C)C)c1. The molecule has 3 rings (SSSR count). The highest BCUT2D eigenvalue weighted by atomic mass is 35.5. The van der Waals surface area contributed by atoms with Crippen molar-refractivity contribution < 1.29 is 14.6 Å². The molecule has 0 spiro atoms. The first-order chi connectivity index (χ1) is 14.6. The smallest absolute Gasteiger partial charge is 0.407 e. The van der Waals surface area contributed by atoms with E-state index in [-0.39, 0.29) is 0 Å². The zero-order valence-corrected chi connectivity index (χ0v) is 19.5. The number of carbonyl (C=O) groups is 1. The Kier molecular flexibility index (Phi) is 7.20. The number of aromatic nitrogens is 1. The number of hydrogen-bond donors (Lipinski definition) is 2. The van der Waals surface area contributed by atoms with Gasteiger partial charge in [0.2, 0.25) is 0 Å². The molecular formula is C23H26ClN3O3S. The number of ether oxygens (including phenoxy) is 1. The third-order valence-electron chi connectivity index (χ3n) is 4.50. The van der Waals surface area contributed by atoms with Gasteiger partial charge in [-0.25, -0.2) is 4.79 Å². The van der Waals surface area contributed by atoms with Crippen LogP contribution in [0.3, 0.4) is 0 Å². The van der Waals surface area contributed by atoms with Crippen LogP contribution in [0.2, 0.25) is 5.02 Å². The summed E-state index contributed by atoms with van der Waals surface area (Å²) in [7, 11) is 1.92. The van der Waals surface area contributed by atoms with Crippen molar-refractivity contribution >= 4 is 39.7 Å². The minimum Gasteiger partial charge on any atom is -0.444 e. The first-order valence-electron chi connectivity index (χ1n) is 9.79. The number of anilines is 2. The number of rotatable bonds is 6. The molecule has 8 heteroatoms. The van der Waals surface area contributed by atoms with Gasteiger partial charge in [0.25, 0.3) is 0 Å². The Labute approximate surface area is 191 Å². The van der Waals surface area contributed by atoms with E-state index < -0.39 is 17.8 Å². The Morgan fingerprint density at radius 3 is 2.74 bits per heavy atom. The lowest BCUT2D eigenvalue weighted by atomic mass is 9.98. The summed E-state index contributed by atoms with van der Waals surface area (Å²) in [4.78, 5) is 18.0. The molecule has 3 aromatic rings. The van der Waals surface area contributed by atoms with Crippen molar-refractivity contribution in [1.82, 2.24) is 10.3 Å². The van der Waals surface area contributed by atoms with E-state index in [9.17, 15) is 9.90 Å². The molecule has 31 heavy (non-hydrogen) atoms. The van der Waals surface area contributed by atoms with Gasteiger partial charge in [-0.1, -0.05) is 35.9 Å². The lowest BCUT2D eigenvalue weighted by Crippen LogP contribution is -2.32. The second kappa shape index (κ2) is 9.68. The van der Waals surface area contributed by atoms with E-state index in [1.807, 2.05) is 63.1 Å². The molecule has 0 aliphatic heterocycles. The molecule has 0 saturated heterocycles. The maximum Gasteiger partial charge on any atom is 0.407 e. The van der Waals surface area contributed by atoms with Gasteiger partial charge in [-0.05, 0) is 50.1 Å². The molecule has 1 aromatic heterocycles. The second-order valence-electron chi connectivity index (χ2n) is 8.10. The summed E-state index contributed by atoms with van der Waals surface area (Å²) < 4.78 is 5.27. The number of carbonyl (C=O) groups excluding carboxylic acids is 1. The van der Waals surface area contributed by atoms with Gasteiger partial charge in [-0.15, -0.1) is 11.3 Å². The van der Waals surface area contributed by atoms with Crippen molar-refractivity contribution in [2.75, 3.05) is 11.9 Å². The highest BCUT2D eigenvalue weighted by Gasteiger charge is 2.20. The molecule has 0 radical (unpaired) electrons. The molecule has 0 saturated carbocycles. The number of halogens is 1. The molecular weight excluding hydrogens is 434 g/mol. The molecule has 0 aliphatic rings. The first kappa shape index (κ1) is 23.1. The molecule has 164 valence electrons. The Balaban J connectivity index is 1.82. The Morgan fingerprint density at radius 1 is 1.29 bits per heavy atom. The molecule has 1 unspecified atom stereocenters. The second-order valence-corrected chi connectivity index (χ2v) is 9.41. The maximum atomic E-state index is 11.9. The zero-order chi connectivity index (χ0) is 22.6. The number of thiazole rings is 1. The van der Waals surface area contributed by atoms with Gasteiger partial charge >= 0.3 is 6.09 Å². The van der Waals surface area contributed by atoms with Crippen LogP contribution in [0.4, 0.5) is 15.5 Å². The van der Waals surface area contributed by atoms with Crippen LogP contribution in [0.5, 0.6) is 0 Å². The molecule has 1 atom stereocenters. The third-order valence-corrected chi connectivity index (χ3v) is 5.58. The monoisotopic (exact) mass is 459 g/mol. The minimum absolute atomic E-state index is 0.290. The minimum atomic E-state index is -0.898. The maximum absolute atomic E-state index is 11.9. The van der Waals surface area contributed by atoms with Crippen LogP contribution in [0.1, 0.15) is 43.6 Å². The highest BCUT2D eigenvalue weighted by Crippen LogP contribution is 2.36. The first-order valence-corrected chi connectivity index (χ1v) is 11.1. The summed E-state index contributed by atoms with van der Waals surface area (Å²) >= 11 is 7.76. The number of alkyl carbamates (subject to hydrolysis) is 1. The fourth-order valence-corrected chi connectivity index (χ4v) is 3.87. The van der Waals surface area contributed by atoms with E-state index in [1.54, 1.807) is 23.8 Å². The quantitative estimate of drug-likeness (QED) is 0.496. The van der Waals surface area contributed by atoms with Gasteiger partial charge in [0.15, 0.2) is 0 Å². The van der Waals surface area contributed by atoms with Crippen LogP contribution >= 0.6 is 22.9 Å². The van der Waals surface area contributed by atoms with Crippen LogP contribution in [-0.2, 0) is 11.3 Å². The molecule has 0 bridgehead atoms. The van der Waals surface area contributed by atoms with Gasteiger partial charge in [-0.3, -0.25) is 4.98 Å². The van der Waals surface area contributed by atoms with E-state index in [0.717, 1.165) is 16.3 Å². The Morgan fingerprint density at radius 2 is 2.06 bits per heavy atom. The van der Waals surface area contributed by atoms with Crippen LogP contribution in [0, 0.1) is 0 Å². The van der Waals surface area contributed by atoms with Gasteiger partial charge in [0.1, 0.15) is 16.7 Å². The largest absolute Gasteiger partial charge is 0.444 e. The number of nitrogens with zero attached hydrogens (tertiary/aromatic N) is 2. The summed E-state index contributed by atoms with van der Waals surface area (Å²) in [6, 6.07) is 12.9.